The minimum atomic E-state index is -0.150. The first-order chi connectivity index (χ1) is 9.65. The summed E-state index contributed by atoms with van der Waals surface area (Å²) >= 11 is 11.8. The number of hydrogen-bond donors (Lipinski definition) is 1. The van der Waals surface area contributed by atoms with Gasteiger partial charge in [-0.1, -0.05) is 34.9 Å². The molecule has 1 aromatic rings. The number of ether oxygens (including phenoxy) is 1. The summed E-state index contributed by atoms with van der Waals surface area (Å²) in [6, 6.07) is 4.91. The Morgan fingerprint density at radius 1 is 1.30 bits per heavy atom. The van der Waals surface area contributed by atoms with Crippen LogP contribution in [0.3, 0.4) is 0 Å². The van der Waals surface area contributed by atoms with Crippen molar-refractivity contribution in [1.82, 2.24) is 5.32 Å². The van der Waals surface area contributed by atoms with Crippen molar-refractivity contribution in [2.24, 2.45) is 0 Å². The van der Waals surface area contributed by atoms with E-state index in [1.807, 2.05) is 0 Å². The van der Waals surface area contributed by atoms with Gasteiger partial charge in [0.05, 0.1) is 5.02 Å². The molecule has 1 aromatic carbocycles. The topological polar surface area (TPSA) is 38.3 Å². The molecule has 0 saturated carbocycles. The summed E-state index contributed by atoms with van der Waals surface area (Å²) < 4.78 is 5.37. The van der Waals surface area contributed by atoms with Crippen molar-refractivity contribution in [3.8, 4) is 5.75 Å². The molecule has 1 N–H and O–H groups in total. The predicted molar refractivity (Wildman–Crippen MR) is 81.5 cm³/mol. The molecule has 0 spiro atoms. The Balaban J connectivity index is 1.75. The van der Waals surface area contributed by atoms with E-state index in [9.17, 15) is 4.79 Å². The highest BCUT2D eigenvalue weighted by atomic mass is 35.5. The highest BCUT2D eigenvalue weighted by Crippen LogP contribution is 2.27. The zero-order valence-corrected chi connectivity index (χ0v) is 12.6. The third kappa shape index (κ3) is 4.73. The first-order valence-corrected chi connectivity index (χ1v) is 7.43. The van der Waals surface area contributed by atoms with Crippen LogP contribution in [0.4, 0.5) is 0 Å². The first-order valence-electron chi connectivity index (χ1n) is 6.67. The van der Waals surface area contributed by atoms with Crippen LogP contribution < -0.4 is 10.1 Å². The standard InChI is InChI=1S/C15H17Cl2NO2/c16-12-6-7-14(13(17)8-12)20-10-15(19)18-9-11-4-2-1-3-5-11/h4,6-8H,1-3,5,9-10H2,(H,18,19). The maximum absolute atomic E-state index is 11.7. The van der Waals surface area contributed by atoms with Crippen molar-refractivity contribution >= 4 is 29.1 Å². The molecule has 108 valence electrons. The number of halogens is 2. The van der Waals surface area contributed by atoms with Gasteiger partial charge in [-0.3, -0.25) is 4.79 Å². The molecule has 20 heavy (non-hydrogen) atoms. The quantitative estimate of drug-likeness (QED) is 0.835. The molecule has 0 aliphatic heterocycles. The molecular weight excluding hydrogens is 297 g/mol. The third-order valence-electron chi connectivity index (χ3n) is 3.15. The average Bonchev–Trinajstić information content (AvgIpc) is 2.45. The van der Waals surface area contributed by atoms with Crippen LogP contribution in [0, 0.1) is 0 Å². The number of hydrogen-bond acceptors (Lipinski definition) is 2. The second-order valence-corrected chi connectivity index (χ2v) is 5.59. The van der Waals surface area contributed by atoms with Gasteiger partial charge in [0, 0.05) is 11.6 Å². The molecule has 0 saturated heterocycles. The van der Waals surface area contributed by atoms with Crippen LogP contribution in [0.5, 0.6) is 5.75 Å². The lowest BCUT2D eigenvalue weighted by atomic mass is 10.00. The van der Waals surface area contributed by atoms with E-state index in [2.05, 4.69) is 11.4 Å². The van der Waals surface area contributed by atoms with Crippen LogP contribution in [0.25, 0.3) is 0 Å². The summed E-state index contributed by atoms with van der Waals surface area (Å²) in [4.78, 5) is 11.7. The molecule has 0 fully saturated rings. The lowest BCUT2D eigenvalue weighted by Gasteiger charge is -2.14. The van der Waals surface area contributed by atoms with E-state index < -0.39 is 0 Å². The van der Waals surface area contributed by atoms with Crippen LogP contribution in [0.15, 0.2) is 29.8 Å². The van der Waals surface area contributed by atoms with Crippen molar-refractivity contribution in [1.29, 1.82) is 0 Å². The van der Waals surface area contributed by atoms with E-state index in [1.54, 1.807) is 18.2 Å². The highest BCUT2D eigenvalue weighted by molar-refractivity contribution is 6.35. The van der Waals surface area contributed by atoms with Crippen LogP contribution >= 0.6 is 23.2 Å². The Morgan fingerprint density at radius 3 is 2.85 bits per heavy atom. The van der Waals surface area contributed by atoms with Gasteiger partial charge in [-0.25, -0.2) is 0 Å². The molecule has 0 aromatic heterocycles. The molecular formula is C15H17Cl2NO2. The smallest absolute Gasteiger partial charge is 0.258 e. The summed E-state index contributed by atoms with van der Waals surface area (Å²) in [5, 5.41) is 3.79. The number of carbonyl (C=O) groups excluding carboxylic acids is 1. The number of allylic oxidation sites excluding steroid dienone is 1. The summed E-state index contributed by atoms with van der Waals surface area (Å²) in [7, 11) is 0. The molecule has 0 bridgehead atoms. The van der Waals surface area contributed by atoms with Crippen molar-refractivity contribution < 1.29 is 9.53 Å². The summed E-state index contributed by atoms with van der Waals surface area (Å²) in [5.41, 5.74) is 1.30. The van der Waals surface area contributed by atoms with Crippen molar-refractivity contribution in [3.05, 3.63) is 39.9 Å². The van der Waals surface area contributed by atoms with Crippen molar-refractivity contribution in [2.75, 3.05) is 13.2 Å². The van der Waals surface area contributed by atoms with E-state index in [1.165, 1.54) is 18.4 Å². The zero-order valence-electron chi connectivity index (χ0n) is 11.1. The summed E-state index contributed by atoms with van der Waals surface area (Å²) in [6.07, 6.45) is 6.85. The average molecular weight is 314 g/mol. The van der Waals surface area contributed by atoms with Gasteiger partial charge in [0.2, 0.25) is 0 Å². The van der Waals surface area contributed by atoms with Crippen LogP contribution in [0.1, 0.15) is 25.7 Å². The maximum Gasteiger partial charge on any atom is 0.258 e. The Bertz CT molecular complexity index is 515. The monoisotopic (exact) mass is 313 g/mol. The molecule has 5 heteroatoms. The normalized spacial score (nSPS) is 14.6. The third-order valence-corrected chi connectivity index (χ3v) is 3.68. The van der Waals surface area contributed by atoms with E-state index in [4.69, 9.17) is 27.9 Å². The second-order valence-electron chi connectivity index (χ2n) is 4.75. The lowest BCUT2D eigenvalue weighted by molar-refractivity contribution is -0.122. The maximum atomic E-state index is 11.7. The zero-order chi connectivity index (χ0) is 14.4. The molecule has 0 atom stereocenters. The van der Waals surface area contributed by atoms with Gasteiger partial charge in [-0.05, 0) is 43.9 Å². The van der Waals surface area contributed by atoms with E-state index in [-0.39, 0.29) is 12.5 Å². The van der Waals surface area contributed by atoms with Gasteiger partial charge in [0.25, 0.3) is 5.91 Å². The molecule has 3 nitrogen and oxygen atoms in total. The van der Waals surface area contributed by atoms with E-state index >= 15 is 0 Å². The largest absolute Gasteiger partial charge is 0.482 e. The van der Waals surface area contributed by atoms with Crippen LogP contribution in [-0.2, 0) is 4.79 Å². The minimum Gasteiger partial charge on any atom is -0.482 e. The highest BCUT2D eigenvalue weighted by Gasteiger charge is 2.08. The number of carbonyl (C=O) groups is 1. The first kappa shape index (κ1) is 15.2. The number of nitrogens with one attached hydrogen (secondary N) is 1. The Hall–Kier alpha value is -1.19. The van der Waals surface area contributed by atoms with Crippen LogP contribution in [-0.4, -0.2) is 19.1 Å². The summed E-state index contributed by atoms with van der Waals surface area (Å²) in [5.74, 6) is 0.311. The predicted octanol–water partition coefficient (Wildman–Crippen LogP) is 3.99. The SMILES string of the molecule is O=C(COc1ccc(Cl)cc1Cl)NCC1=CCCCC1. The fourth-order valence-electron chi connectivity index (χ4n) is 2.06. The Morgan fingerprint density at radius 2 is 2.15 bits per heavy atom. The van der Waals surface area contributed by atoms with E-state index in [0.29, 0.717) is 22.3 Å². The second kappa shape index (κ2) is 7.55. The number of benzene rings is 1. The van der Waals surface area contributed by atoms with Crippen molar-refractivity contribution in [2.45, 2.75) is 25.7 Å². The molecule has 1 aliphatic carbocycles. The minimum absolute atomic E-state index is 0.0470. The number of rotatable bonds is 5. The molecule has 0 radical (unpaired) electrons. The van der Waals surface area contributed by atoms with Gasteiger partial charge < -0.3 is 10.1 Å². The van der Waals surface area contributed by atoms with Gasteiger partial charge in [0.15, 0.2) is 6.61 Å². The molecule has 0 unspecified atom stereocenters. The molecule has 2 rings (SSSR count). The van der Waals surface area contributed by atoms with Gasteiger partial charge in [-0.2, -0.15) is 0 Å². The van der Waals surface area contributed by atoms with Gasteiger partial charge in [0.1, 0.15) is 5.75 Å². The van der Waals surface area contributed by atoms with E-state index in [0.717, 1.165) is 12.8 Å². The fraction of sp³-hybridized carbons (Fsp3) is 0.400. The summed E-state index contributed by atoms with van der Waals surface area (Å²) in [6.45, 7) is 0.561. The lowest BCUT2D eigenvalue weighted by Crippen LogP contribution is -2.30. The molecule has 0 heterocycles. The Labute approximate surface area is 128 Å². The molecule has 1 aliphatic rings. The molecule has 1 amide bonds. The fourth-order valence-corrected chi connectivity index (χ4v) is 2.53. The Kier molecular flexibility index (Phi) is 5.74. The number of amides is 1. The van der Waals surface area contributed by atoms with Gasteiger partial charge in [-0.15, -0.1) is 0 Å². The van der Waals surface area contributed by atoms with Crippen LogP contribution in [0.2, 0.25) is 10.0 Å². The van der Waals surface area contributed by atoms with Gasteiger partial charge >= 0.3 is 0 Å². The van der Waals surface area contributed by atoms with Crippen molar-refractivity contribution in [3.63, 3.8) is 0 Å².